The van der Waals surface area contributed by atoms with Crippen molar-refractivity contribution in [1.82, 2.24) is 16.4 Å². The Morgan fingerprint density at radius 1 is 1.43 bits per heavy atom. The molecule has 1 aliphatic carbocycles. The summed E-state index contributed by atoms with van der Waals surface area (Å²) in [7, 11) is 1.44. The topological polar surface area (TPSA) is 62.4 Å². The van der Waals surface area contributed by atoms with E-state index in [0.717, 1.165) is 12.8 Å². The van der Waals surface area contributed by atoms with Gasteiger partial charge in [-0.1, -0.05) is 15.9 Å². The Morgan fingerprint density at radius 3 is 2.93 bits per heavy atom. The first-order valence-electron chi connectivity index (χ1n) is 4.70. The van der Waals surface area contributed by atoms with E-state index in [2.05, 4.69) is 32.3 Å². The predicted molar refractivity (Wildman–Crippen MR) is 54.4 cm³/mol. The van der Waals surface area contributed by atoms with E-state index in [1.807, 2.05) is 0 Å². The molecular weight excluding hydrogens is 250 g/mol. The lowest BCUT2D eigenvalue weighted by atomic mass is 9.83. The molecule has 3 N–H and O–H groups in total. The molecule has 4 atom stereocenters. The molecule has 5 nitrogen and oxygen atoms in total. The zero-order valence-corrected chi connectivity index (χ0v) is 9.50. The van der Waals surface area contributed by atoms with Crippen molar-refractivity contribution >= 4 is 21.9 Å². The summed E-state index contributed by atoms with van der Waals surface area (Å²) in [5, 5.41) is 0. The highest BCUT2D eigenvalue weighted by Gasteiger charge is 2.42. The summed E-state index contributed by atoms with van der Waals surface area (Å²) < 4.78 is 4.76. The van der Waals surface area contributed by atoms with Crippen LogP contribution in [-0.4, -0.2) is 30.0 Å². The van der Waals surface area contributed by atoms with Gasteiger partial charge in [0.1, 0.15) is 0 Å². The first kappa shape index (κ1) is 10.4. The molecule has 0 aromatic carbocycles. The lowest BCUT2D eigenvalue weighted by molar-refractivity contribution is -0.146. The Labute approximate surface area is 91.0 Å². The molecule has 0 amide bonds. The van der Waals surface area contributed by atoms with Gasteiger partial charge in [0.2, 0.25) is 0 Å². The molecule has 0 aromatic rings. The van der Waals surface area contributed by atoms with Crippen LogP contribution in [-0.2, 0) is 9.53 Å². The fourth-order valence-corrected chi connectivity index (χ4v) is 3.09. The Balaban J connectivity index is 2.02. The van der Waals surface area contributed by atoms with Gasteiger partial charge in [-0.25, -0.2) is 10.9 Å². The van der Waals surface area contributed by atoms with Gasteiger partial charge in [-0.2, -0.15) is 5.53 Å². The van der Waals surface area contributed by atoms with Gasteiger partial charge in [-0.3, -0.25) is 4.79 Å². The molecular formula is C8H14BrN3O2. The summed E-state index contributed by atoms with van der Waals surface area (Å²) in [6.45, 7) is 0. The summed E-state index contributed by atoms with van der Waals surface area (Å²) in [4.78, 5) is 11.7. The van der Waals surface area contributed by atoms with Gasteiger partial charge in [-0.15, -0.1) is 0 Å². The van der Waals surface area contributed by atoms with Gasteiger partial charge >= 0.3 is 5.97 Å². The Bertz CT molecular complexity index is 239. The minimum absolute atomic E-state index is 0.000162. The predicted octanol–water partition coefficient (Wildman–Crippen LogP) is -0.318. The Kier molecular flexibility index (Phi) is 3.06. The highest BCUT2D eigenvalue weighted by molar-refractivity contribution is 9.09. The minimum Gasteiger partial charge on any atom is -0.469 e. The number of hydrogen-bond donors (Lipinski definition) is 3. The molecule has 0 spiro atoms. The monoisotopic (exact) mass is 263 g/mol. The normalized spacial score (nSPS) is 41.9. The number of alkyl halides is 1. The summed E-state index contributed by atoms with van der Waals surface area (Å²) in [5.41, 5.74) is 9.11. The second-order valence-electron chi connectivity index (χ2n) is 3.75. The second kappa shape index (κ2) is 4.14. The van der Waals surface area contributed by atoms with E-state index < -0.39 is 0 Å². The van der Waals surface area contributed by atoms with E-state index in [0.29, 0.717) is 10.9 Å². The van der Waals surface area contributed by atoms with Crippen molar-refractivity contribution in [2.45, 2.75) is 29.8 Å². The maximum Gasteiger partial charge on any atom is 0.308 e. The van der Waals surface area contributed by atoms with Gasteiger partial charge < -0.3 is 4.74 Å². The molecule has 1 saturated carbocycles. The minimum atomic E-state index is -0.110. The number of hydrazine groups is 2. The fraction of sp³-hybridized carbons (Fsp3) is 0.875. The average Bonchev–Trinajstić information content (AvgIpc) is 2.64. The zero-order valence-electron chi connectivity index (χ0n) is 7.92. The van der Waals surface area contributed by atoms with Crippen LogP contribution in [0.5, 0.6) is 0 Å². The summed E-state index contributed by atoms with van der Waals surface area (Å²) in [6, 6.07) is 0.633. The maximum absolute atomic E-state index is 11.4. The highest BCUT2D eigenvalue weighted by Crippen LogP contribution is 2.31. The van der Waals surface area contributed by atoms with Crippen molar-refractivity contribution in [3.63, 3.8) is 0 Å². The lowest BCUT2D eigenvalue weighted by Gasteiger charge is -2.32. The van der Waals surface area contributed by atoms with Crippen LogP contribution in [0.1, 0.15) is 12.8 Å². The molecule has 6 heteroatoms. The van der Waals surface area contributed by atoms with Crippen LogP contribution in [0, 0.1) is 5.92 Å². The second-order valence-corrected chi connectivity index (χ2v) is 4.93. The average molecular weight is 264 g/mol. The van der Waals surface area contributed by atoms with Crippen molar-refractivity contribution in [3.8, 4) is 0 Å². The quantitative estimate of drug-likeness (QED) is 0.447. The molecule has 1 saturated heterocycles. The number of esters is 1. The molecule has 0 radical (unpaired) electrons. The molecule has 4 unspecified atom stereocenters. The number of fused-ring (bicyclic) bond motifs is 1. The zero-order chi connectivity index (χ0) is 10.1. The van der Waals surface area contributed by atoms with Gasteiger partial charge in [0.05, 0.1) is 19.1 Å². The molecule has 0 aromatic heterocycles. The third kappa shape index (κ3) is 1.79. The molecule has 2 aliphatic rings. The van der Waals surface area contributed by atoms with Crippen molar-refractivity contribution < 1.29 is 9.53 Å². The third-order valence-electron chi connectivity index (χ3n) is 2.90. The molecule has 80 valence electrons. The summed E-state index contributed by atoms with van der Waals surface area (Å²) >= 11 is 3.58. The number of rotatable bonds is 1. The van der Waals surface area contributed by atoms with Crippen LogP contribution in [0.4, 0.5) is 0 Å². The van der Waals surface area contributed by atoms with E-state index in [9.17, 15) is 4.79 Å². The number of carbonyl (C=O) groups is 1. The van der Waals surface area contributed by atoms with Crippen LogP contribution in [0.25, 0.3) is 0 Å². The molecule has 2 rings (SSSR count). The van der Waals surface area contributed by atoms with E-state index >= 15 is 0 Å². The molecule has 1 aliphatic heterocycles. The number of ether oxygens (including phenoxy) is 1. The molecule has 1 heterocycles. The number of hydrogen-bond acceptors (Lipinski definition) is 5. The van der Waals surface area contributed by atoms with Gasteiger partial charge in [0, 0.05) is 10.9 Å². The fourth-order valence-electron chi connectivity index (χ4n) is 2.14. The third-order valence-corrected chi connectivity index (χ3v) is 3.85. The first-order chi connectivity index (χ1) is 6.72. The summed E-state index contributed by atoms with van der Waals surface area (Å²) in [6.07, 6.45) is 1.64. The van der Waals surface area contributed by atoms with Crippen LogP contribution in [0.15, 0.2) is 0 Å². The van der Waals surface area contributed by atoms with Crippen molar-refractivity contribution in [3.05, 3.63) is 0 Å². The SMILES string of the molecule is COC(=O)C1CC(Br)C2NNNC2C1. The maximum atomic E-state index is 11.4. The Morgan fingerprint density at radius 2 is 2.21 bits per heavy atom. The number of halogens is 1. The molecule has 14 heavy (non-hydrogen) atoms. The van der Waals surface area contributed by atoms with Crippen molar-refractivity contribution in [1.29, 1.82) is 0 Å². The summed E-state index contributed by atoms with van der Waals surface area (Å²) in [5.74, 6) is -0.110. The first-order valence-corrected chi connectivity index (χ1v) is 5.62. The number of nitrogens with one attached hydrogen (secondary N) is 3. The van der Waals surface area contributed by atoms with Crippen LogP contribution >= 0.6 is 15.9 Å². The molecule has 2 fully saturated rings. The van der Waals surface area contributed by atoms with Crippen LogP contribution in [0.2, 0.25) is 0 Å². The smallest absolute Gasteiger partial charge is 0.308 e. The highest BCUT2D eigenvalue weighted by atomic mass is 79.9. The van der Waals surface area contributed by atoms with E-state index in [1.165, 1.54) is 7.11 Å². The number of methoxy groups -OCH3 is 1. The van der Waals surface area contributed by atoms with Crippen molar-refractivity contribution in [2.75, 3.05) is 7.11 Å². The lowest BCUT2D eigenvalue weighted by Crippen LogP contribution is -2.48. The molecule has 0 bridgehead atoms. The van der Waals surface area contributed by atoms with E-state index in [-0.39, 0.29) is 17.9 Å². The Hall–Kier alpha value is -0.170. The van der Waals surface area contributed by atoms with Crippen molar-refractivity contribution in [2.24, 2.45) is 5.92 Å². The van der Waals surface area contributed by atoms with E-state index in [4.69, 9.17) is 4.74 Å². The van der Waals surface area contributed by atoms with Crippen LogP contribution < -0.4 is 16.4 Å². The van der Waals surface area contributed by atoms with Gasteiger partial charge in [0.15, 0.2) is 0 Å². The largest absolute Gasteiger partial charge is 0.469 e. The van der Waals surface area contributed by atoms with Crippen LogP contribution in [0.3, 0.4) is 0 Å². The van der Waals surface area contributed by atoms with Gasteiger partial charge in [-0.05, 0) is 12.8 Å². The number of carbonyl (C=O) groups excluding carboxylic acids is 1. The van der Waals surface area contributed by atoms with Gasteiger partial charge in [0.25, 0.3) is 0 Å². The standard InChI is InChI=1S/C8H14BrN3O2/c1-14-8(13)4-2-5(9)7-6(3-4)10-12-11-7/h4-7,10-12H,2-3H2,1H3. The van der Waals surface area contributed by atoms with E-state index in [1.54, 1.807) is 0 Å².